The SMILES string of the molecule is COc1ccc2[nH]cc(C(=O)Nc3cccc(C)c3C)c2c1. The number of aromatic nitrogens is 1. The number of aryl methyl sites for hydroxylation is 1. The van der Waals surface area contributed by atoms with E-state index in [0.717, 1.165) is 33.5 Å². The van der Waals surface area contributed by atoms with Gasteiger partial charge in [0.2, 0.25) is 0 Å². The molecule has 0 fully saturated rings. The summed E-state index contributed by atoms with van der Waals surface area (Å²) in [6, 6.07) is 11.5. The number of nitrogens with one attached hydrogen (secondary N) is 2. The maximum Gasteiger partial charge on any atom is 0.257 e. The van der Waals surface area contributed by atoms with Gasteiger partial charge in [0.15, 0.2) is 0 Å². The van der Waals surface area contributed by atoms with Crippen LogP contribution in [0.1, 0.15) is 21.5 Å². The van der Waals surface area contributed by atoms with Crippen molar-refractivity contribution >= 4 is 22.5 Å². The maximum absolute atomic E-state index is 12.6. The first-order valence-electron chi connectivity index (χ1n) is 7.13. The number of H-pyrrole nitrogens is 1. The van der Waals surface area contributed by atoms with Gasteiger partial charge in [0.05, 0.1) is 12.7 Å². The Bertz CT molecular complexity index is 849. The van der Waals surface area contributed by atoms with Crippen molar-refractivity contribution in [3.05, 3.63) is 59.3 Å². The van der Waals surface area contributed by atoms with E-state index in [1.807, 2.05) is 50.2 Å². The molecule has 0 bridgehead atoms. The molecule has 0 radical (unpaired) electrons. The molecule has 0 saturated carbocycles. The van der Waals surface area contributed by atoms with E-state index < -0.39 is 0 Å². The molecular formula is C18H18N2O2. The van der Waals surface area contributed by atoms with Crippen molar-refractivity contribution in [3.63, 3.8) is 0 Å². The highest BCUT2D eigenvalue weighted by Crippen LogP contribution is 2.25. The molecule has 3 rings (SSSR count). The minimum Gasteiger partial charge on any atom is -0.497 e. The van der Waals surface area contributed by atoms with Crippen LogP contribution in [0, 0.1) is 13.8 Å². The lowest BCUT2D eigenvalue weighted by atomic mass is 10.1. The molecule has 2 aromatic carbocycles. The molecule has 0 atom stereocenters. The highest BCUT2D eigenvalue weighted by atomic mass is 16.5. The van der Waals surface area contributed by atoms with Crippen LogP contribution in [-0.4, -0.2) is 18.0 Å². The fourth-order valence-corrected chi connectivity index (χ4v) is 2.49. The molecule has 0 unspecified atom stereocenters. The van der Waals surface area contributed by atoms with Gasteiger partial charge >= 0.3 is 0 Å². The zero-order valence-corrected chi connectivity index (χ0v) is 12.9. The van der Waals surface area contributed by atoms with Crippen LogP contribution in [0.4, 0.5) is 5.69 Å². The summed E-state index contributed by atoms with van der Waals surface area (Å²) in [5.41, 5.74) is 4.58. The summed E-state index contributed by atoms with van der Waals surface area (Å²) in [5, 5.41) is 3.83. The van der Waals surface area contributed by atoms with Gasteiger partial charge in [0.25, 0.3) is 5.91 Å². The second-order valence-corrected chi connectivity index (χ2v) is 5.32. The number of ether oxygens (including phenoxy) is 1. The molecular weight excluding hydrogens is 276 g/mol. The maximum atomic E-state index is 12.6. The van der Waals surface area contributed by atoms with Gasteiger partial charge in [0.1, 0.15) is 5.75 Å². The number of hydrogen-bond donors (Lipinski definition) is 2. The van der Waals surface area contributed by atoms with E-state index in [2.05, 4.69) is 10.3 Å². The number of carbonyl (C=O) groups excluding carboxylic acids is 1. The molecule has 3 aromatic rings. The Hall–Kier alpha value is -2.75. The van der Waals surface area contributed by atoms with Gasteiger partial charge in [-0.1, -0.05) is 12.1 Å². The van der Waals surface area contributed by atoms with Crippen LogP contribution in [0.15, 0.2) is 42.6 Å². The lowest BCUT2D eigenvalue weighted by Gasteiger charge is -2.10. The molecule has 22 heavy (non-hydrogen) atoms. The first-order chi connectivity index (χ1) is 10.6. The van der Waals surface area contributed by atoms with Gasteiger partial charge in [-0.15, -0.1) is 0 Å². The molecule has 1 amide bonds. The highest BCUT2D eigenvalue weighted by Gasteiger charge is 2.14. The van der Waals surface area contributed by atoms with Crippen molar-refractivity contribution < 1.29 is 9.53 Å². The average Bonchev–Trinajstić information content (AvgIpc) is 2.94. The number of amides is 1. The minimum absolute atomic E-state index is 0.131. The van der Waals surface area contributed by atoms with Crippen LogP contribution >= 0.6 is 0 Å². The standard InChI is InChI=1S/C18H18N2O2/c1-11-5-4-6-16(12(11)2)20-18(21)15-10-19-17-8-7-13(22-3)9-14(15)17/h4-10,19H,1-3H3,(H,20,21). The normalized spacial score (nSPS) is 10.7. The van der Waals surface area contributed by atoms with Crippen molar-refractivity contribution in [2.75, 3.05) is 12.4 Å². The minimum atomic E-state index is -0.131. The molecule has 4 nitrogen and oxygen atoms in total. The molecule has 1 aromatic heterocycles. The summed E-state index contributed by atoms with van der Waals surface area (Å²) < 4.78 is 5.23. The van der Waals surface area contributed by atoms with Crippen LogP contribution in [-0.2, 0) is 0 Å². The Balaban J connectivity index is 1.97. The molecule has 4 heteroatoms. The number of fused-ring (bicyclic) bond motifs is 1. The topological polar surface area (TPSA) is 54.1 Å². The summed E-state index contributed by atoms with van der Waals surface area (Å²) >= 11 is 0. The second-order valence-electron chi connectivity index (χ2n) is 5.32. The molecule has 112 valence electrons. The van der Waals surface area contributed by atoms with Gasteiger partial charge in [-0.2, -0.15) is 0 Å². The predicted molar refractivity (Wildman–Crippen MR) is 88.7 cm³/mol. The van der Waals surface area contributed by atoms with Crippen LogP contribution < -0.4 is 10.1 Å². The molecule has 1 heterocycles. The van der Waals surface area contributed by atoms with Crippen molar-refractivity contribution in [2.24, 2.45) is 0 Å². The molecule has 0 aliphatic rings. The van der Waals surface area contributed by atoms with Gasteiger partial charge in [-0.3, -0.25) is 4.79 Å². The molecule has 2 N–H and O–H groups in total. The summed E-state index contributed by atoms with van der Waals surface area (Å²) in [6.07, 6.45) is 1.73. The molecule has 0 saturated heterocycles. The smallest absolute Gasteiger partial charge is 0.257 e. The third kappa shape index (κ3) is 2.44. The van der Waals surface area contributed by atoms with Crippen LogP contribution in [0.25, 0.3) is 10.9 Å². The first-order valence-corrected chi connectivity index (χ1v) is 7.13. The number of hydrogen-bond acceptors (Lipinski definition) is 2. The van der Waals surface area contributed by atoms with Crippen molar-refractivity contribution in [1.82, 2.24) is 4.98 Å². The van der Waals surface area contributed by atoms with E-state index in [0.29, 0.717) is 5.56 Å². The van der Waals surface area contributed by atoms with Crippen molar-refractivity contribution in [1.29, 1.82) is 0 Å². The fraction of sp³-hybridized carbons (Fsp3) is 0.167. The monoisotopic (exact) mass is 294 g/mol. The molecule has 0 aliphatic heterocycles. The van der Waals surface area contributed by atoms with Crippen molar-refractivity contribution in [3.8, 4) is 5.75 Å². The Morgan fingerprint density at radius 1 is 1.18 bits per heavy atom. The fourth-order valence-electron chi connectivity index (χ4n) is 2.49. The number of benzene rings is 2. The van der Waals surface area contributed by atoms with E-state index in [4.69, 9.17) is 4.74 Å². The largest absolute Gasteiger partial charge is 0.497 e. The zero-order chi connectivity index (χ0) is 15.7. The van der Waals surface area contributed by atoms with Gasteiger partial charge < -0.3 is 15.0 Å². The van der Waals surface area contributed by atoms with Crippen LogP contribution in [0.5, 0.6) is 5.75 Å². The van der Waals surface area contributed by atoms with Gasteiger partial charge in [0, 0.05) is 22.8 Å². The summed E-state index contributed by atoms with van der Waals surface area (Å²) in [5.74, 6) is 0.598. The quantitative estimate of drug-likeness (QED) is 0.765. The first kappa shape index (κ1) is 14.2. The predicted octanol–water partition coefficient (Wildman–Crippen LogP) is 4.05. The lowest BCUT2D eigenvalue weighted by Crippen LogP contribution is -2.12. The molecule has 0 spiro atoms. The summed E-state index contributed by atoms with van der Waals surface area (Å²) in [4.78, 5) is 15.7. The third-order valence-electron chi connectivity index (χ3n) is 3.99. The Morgan fingerprint density at radius 2 is 2.00 bits per heavy atom. The highest BCUT2D eigenvalue weighted by molar-refractivity contribution is 6.13. The summed E-state index contributed by atoms with van der Waals surface area (Å²) in [6.45, 7) is 4.03. The van der Waals surface area contributed by atoms with E-state index in [1.165, 1.54) is 0 Å². The number of rotatable bonds is 3. The number of aromatic amines is 1. The Morgan fingerprint density at radius 3 is 2.77 bits per heavy atom. The van der Waals surface area contributed by atoms with Crippen LogP contribution in [0.3, 0.4) is 0 Å². The molecule has 0 aliphatic carbocycles. The van der Waals surface area contributed by atoms with E-state index in [1.54, 1.807) is 13.3 Å². The van der Waals surface area contributed by atoms with Gasteiger partial charge in [-0.25, -0.2) is 0 Å². The Labute approximate surface area is 129 Å². The van der Waals surface area contributed by atoms with E-state index in [9.17, 15) is 4.79 Å². The Kier molecular flexibility index (Phi) is 3.59. The average molecular weight is 294 g/mol. The van der Waals surface area contributed by atoms with E-state index >= 15 is 0 Å². The number of carbonyl (C=O) groups is 1. The van der Waals surface area contributed by atoms with Crippen LogP contribution in [0.2, 0.25) is 0 Å². The number of methoxy groups -OCH3 is 1. The van der Waals surface area contributed by atoms with E-state index in [-0.39, 0.29) is 5.91 Å². The lowest BCUT2D eigenvalue weighted by molar-refractivity contribution is 0.102. The summed E-state index contributed by atoms with van der Waals surface area (Å²) in [7, 11) is 1.61. The second kappa shape index (κ2) is 5.56. The zero-order valence-electron chi connectivity index (χ0n) is 12.9. The third-order valence-corrected chi connectivity index (χ3v) is 3.99. The van der Waals surface area contributed by atoms with Gasteiger partial charge in [-0.05, 0) is 49.2 Å². The number of anilines is 1. The van der Waals surface area contributed by atoms with Crippen molar-refractivity contribution in [2.45, 2.75) is 13.8 Å².